The lowest BCUT2D eigenvalue weighted by Crippen LogP contribution is -2.69. The third-order valence-electron chi connectivity index (χ3n) is 8.01. The molecule has 166 valence electrons. The second-order valence-corrected chi connectivity index (χ2v) is 10.3. The maximum absolute atomic E-state index is 6.62. The van der Waals surface area contributed by atoms with Crippen LogP contribution in [0.15, 0.2) is 30.5 Å². The second-order valence-electron chi connectivity index (χ2n) is 9.89. The Hall–Kier alpha value is -1.51. The van der Waals surface area contributed by atoms with Crippen molar-refractivity contribution in [1.29, 1.82) is 0 Å². The largest absolute Gasteiger partial charge is 0.324 e. The molecule has 2 aromatic rings. The van der Waals surface area contributed by atoms with Gasteiger partial charge in [-0.15, -0.1) is 5.10 Å². The highest BCUT2D eigenvalue weighted by Gasteiger charge is 2.69. The fourth-order valence-corrected chi connectivity index (χ4v) is 6.56. The number of aromatic nitrogens is 3. The summed E-state index contributed by atoms with van der Waals surface area (Å²) in [4.78, 5) is 12.1. The maximum atomic E-state index is 6.62. The van der Waals surface area contributed by atoms with Crippen LogP contribution in [-0.2, 0) is 19.2 Å². The van der Waals surface area contributed by atoms with Gasteiger partial charge in [0.05, 0.1) is 6.20 Å². The number of hydrogen-bond acceptors (Lipinski definition) is 6. The summed E-state index contributed by atoms with van der Waals surface area (Å²) < 4.78 is 14.9. The normalized spacial score (nSPS) is 44.0. The third-order valence-corrected chi connectivity index (χ3v) is 8.25. The lowest BCUT2D eigenvalue weighted by molar-refractivity contribution is -0.574. The Bertz CT molecular complexity index is 1000. The molecular formula is C23H28ClN3O4. The summed E-state index contributed by atoms with van der Waals surface area (Å²) >= 11 is 6.16. The number of ether oxygens (including phenoxy) is 2. The fraction of sp³-hybridized carbons (Fsp3) is 0.652. The van der Waals surface area contributed by atoms with Gasteiger partial charge in [0.25, 0.3) is 0 Å². The van der Waals surface area contributed by atoms with E-state index in [9.17, 15) is 0 Å². The van der Waals surface area contributed by atoms with Gasteiger partial charge in [-0.05, 0) is 50.2 Å². The molecule has 2 bridgehead atoms. The van der Waals surface area contributed by atoms with E-state index in [-0.39, 0.29) is 18.1 Å². The third kappa shape index (κ3) is 2.94. The van der Waals surface area contributed by atoms with E-state index in [0.29, 0.717) is 16.9 Å². The predicted octanol–water partition coefficient (Wildman–Crippen LogP) is 4.98. The molecule has 7 nitrogen and oxygen atoms in total. The predicted molar refractivity (Wildman–Crippen MR) is 113 cm³/mol. The van der Waals surface area contributed by atoms with Gasteiger partial charge in [0, 0.05) is 28.8 Å². The first-order valence-electron chi connectivity index (χ1n) is 11.3. The number of rotatable bonds is 2. The van der Waals surface area contributed by atoms with Crippen LogP contribution >= 0.6 is 11.6 Å². The highest BCUT2D eigenvalue weighted by molar-refractivity contribution is 6.30. The first-order valence-corrected chi connectivity index (χ1v) is 11.7. The molecule has 5 heterocycles. The van der Waals surface area contributed by atoms with Crippen LogP contribution in [0.3, 0.4) is 0 Å². The lowest BCUT2D eigenvalue weighted by atomic mass is 9.58. The average Bonchev–Trinajstić information content (AvgIpc) is 3.13. The number of hydrogen-bond donors (Lipinski definition) is 0. The minimum absolute atomic E-state index is 0.162. The van der Waals surface area contributed by atoms with E-state index in [1.165, 1.54) is 6.42 Å². The zero-order valence-electron chi connectivity index (χ0n) is 18.0. The topological polar surface area (TPSA) is 67.6 Å². The molecule has 4 saturated heterocycles. The van der Waals surface area contributed by atoms with Crippen molar-refractivity contribution in [2.75, 3.05) is 0 Å². The molecular weight excluding hydrogens is 418 g/mol. The van der Waals surface area contributed by atoms with Crippen molar-refractivity contribution in [1.82, 2.24) is 15.0 Å². The van der Waals surface area contributed by atoms with Crippen LogP contribution in [0, 0.1) is 23.7 Å². The van der Waals surface area contributed by atoms with Gasteiger partial charge in [-0.2, -0.15) is 0 Å². The molecule has 8 atom stereocenters. The average molecular weight is 446 g/mol. The van der Waals surface area contributed by atoms with Gasteiger partial charge in [0.1, 0.15) is 5.69 Å². The quantitative estimate of drug-likeness (QED) is 0.607. The van der Waals surface area contributed by atoms with E-state index >= 15 is 0 Å². The van der Waals surface area contributed by atoms with E-state index in [2.05, 4.69) is 24.2 Å². The van der Waals surface area contributed by atoms with Crippen molar-refractivity contribution in [2.24, 2.45) is 23.7 Å². The minimum Gasteiger partial charge on any atom is -0.324 e. The summed E-state index contributed by atoms with van der Waals surface area (Å²) in [5.41, 5.74) is 1.13. The van der Waals surface area contributed by atoms with Gasteiger partial charge < -0.3 is 9.47 Å². The van der Waals surface area contributed by atoms with Crippen LogP contribution in [0.2, 0.25) is 5.02 Å². The number of halogens is 1. The Morgan fingerprint density at radius 3 is 2.84 bits per heavy atom. The Balaban J connectivity index is 1.37. The van der Waals surface area contributed by atoms with Gasteiger partial charge in [-0.25, -0.2) is 14.5 Å². The van der Waals surface area contributed by atoms with Crippen molar-refractivity contribution in [3.63, 3.8) is 0 Å². The standard InChI is InChI=1S/C23H28ClN3O4/c1-13-7-8-18-14(2)20(27-12-19(25-26-27)15-5-4-6-16(24)11-15)28-21-23(18)17(13)9-10-22(3,29-21)30-31-23/h4-6,11-14,17-18,20-21H,7-10H2,1-3H3/t13-,14-,17+,18+,20-,21-,22+,23-/m1/s1. The molecule has 4 aliphatic heterocycles. The maximum Gasteiger partial charge on any atom is 0.201 e. The summed E-state index contributed by atoms with van der Waals surface area (Å²) in [6, 6.07) is 7.63. The molecule has 8 heteroatoms. The molecule has 1 spiro atoms. The molecule has 1 aromatic carbocycles. The van der Waals surface area contributed by atoms with E-state index in [0.717, 1.165) is 30.5 Å². The van der Waals surface area contributed by atoms with E-state index in [1.54, 1.807) is 0 Å². The van der Waals surface area contributed by atoms with Crippen molar-refractivity contribution >= 4 is 11.6 Å². The molecule has 0 unspecified atom stereocenters. The fourth-order valence-electron chi connectivity index (χ4n) is 6.37. The van der Waals surface area contributed by atoms with Crippen LogP contribution in [0.4, 0.5) is 0 Å². The number of nitrogens with zero attached hydrogens (tertiary/aromatic N) is 3. The first-order chi connectivity index (χ1) is 14.9. The minimum atomic E-state index is -0.781. The number of fused-ring (bicyclic) bond motifs is 2. The van der Waals surface area contributed by atoms with Crippen molar-refractivity contribution in [2.45, 2.75) is 70.4 Å². The molecule has 0 amide bonds. The van der Waals surface area contributed by atoms with Crippen LogP contribution in [0.5, 0.6) is 0 Å². The molecule has 0 radical (unpaired) electrons. The number of benzene rings is 1. The molecule has 0 N–H and O–H groups in total. The van der Waals surface area contributed by atoms with Crippen LogP contribution in [0.25, 0.3) is 11.3 Å². The molecule has 1 saturated carbocycles. The molecule has 7 rings (SSSR count). The van der Waals surface area contributed by atoms with Gasteiger partial charge >= 0.3 is 0 Å². The first kappa shape index (κ1) is 20.1. The monoisotopic (exact) mass is 445 g/mol. The highest BCUT2D eigenvalue weighted by atomic mass is 35.5. The Kier molecular flexibility index (Phi) is 4.54. The van der Waals surface area contributed by atoms with Crippen molar-refractivity contribution < 1.29 is 19.2 Å². The molecule has 1 aliphatic carbocycles. The van der Waals surface area contributed by atoms with Gasteiger partial charge in [0.2, 0.25) is 5.79 Å². The van der Waals surface area contributed by atoms with E-state index < -0.39 is 17.7 Å². The Morgan fingerprint density at radius 2 is 2.00 bits per heavy atom. The summed E-state index contributed by atoms with van der Waals surface area (Å²) in [5.74, 6) is 0.520. The van der Waals surface area contributed by atoms with Crippen LogP contribution < -0.4 is 0 Å². The van der Waals surface area contributed by atoms with Crippen molar-refractivity contribution in [3.8, 4) is 11.3 Å². The molecule has 1 aromatic heterocycles. The van der Waals surface area contributed by atoms with Gasteiger partial charge in [0.15, 0.2) is 18.1 Å². The van der Waals surface area contributed by atoms with Crippen LogP contribution in [-0.4, -0.2) is 32.7 Å². The van der Waals surface area contributed by atoms with E-state index in [4.69, 9.17) is 30.8 Å². The zero-order valence-corrected chi connectivity index (χ0v) is 18.8. The SMILES string of the molecule is C[C@H]1[C@H](n2cc(-c3cccc(Cl)c3)nn2)O[C@@H]2O[C@]3(C)CC[C@H]4[C@H](C)CC[C@@H]1[C@@]24OO3. The smallest absolute Gasteiger partial charge is 0.201 e. The highest BCUT2D eigenvalue weighted by Crippen LogP contribution is 2.61. The summed E-state index contributed by atoms with van der Waals surface area (Å²) in [7, 11) is 0. The summed E-state index contributed by atoms with van der Waals surface area (Å²) in [6.45, 7) is 6.48. The summed E-state index contributed by atoms with van der Waals surface area (Å²) in [6.07, 6.45) is 5.20. The Morgan fingerprint density at radius 1 is 1.13 bits per heavy atom. The second kappa shape index (κ2) is 6.99. The molecule has 5 fully saturated rings. The molecule has 31 heavy (non-hydrogen) atoms. The molecule has 5 aliphatic rings. The lowest BCUT2D eigenvalue weighted by Gasteiger charge is -2.60. The van der Waals surface area contributed by atoms with Crippen LogP contribution in [0.1, 0.15) is 52.7 Å². The van der Waals surface area contributed by atoms with Gasteiger partial charge in [-0.3, -0.25) is 0 Å². The van der Waals surface area contributed by atoms with Gasteiger partial charge in [-0.1, -0.05) is 42.8 Å². The van der Waals surface area contributed by atoms with Crippen molar-refractivity contribution in [3.05, 3.63) is 35.5 Å². The van der Waals surface area contributed by atoms with E-state index in [1.807, 2.05) is 42.1 Å². The Labute approximate surface area is 186 Å². The summed E-state index contributed by atoms with van der Waals surface area (Å²) in [5, 5.41) is 9.49. The zero-order chi connectivity index (χ0) is 21.4.